The summed E-state index contributed by atoms with van der Waals surface area (Å²) >= 11 is 0. The fraction of sp³-hybridized carbons (Fsp3) is 0.370. The monoisotopic (exact) mass is 462 g/mol. The molecule has 1 aromatic heterocycles. The van der Waals surface area contributed by atoms with Gasteiger partial charge in [-0.2, -0.15) is 0 Å². The van der Waals surface area contributed by atoms with E-state index in [4.69, 9.17) is 9.15 Å². The zero-order valence-electron chi connectivity index (χ0n) is 19.7. The minimum Gasteiger partial charge on any atom is -0.549 e. The second kappa shape index (κ2) is 9.33. The number of aryl methyl sites for hydroxylation is 2. The minimum absolute atomic E-state index is 0.107. The summed E-state index contributed by atoms with van der Waals surface area (Å²) in [5, 5.41) is 12.9. The normalized spacial score (nSPS) is 15.3. The molecule has 0 spiro atoms. The number of methoxy groups -OCH3 is 1. The van der Waals surface area contributed by atoms with E-state index in [-0.39, 0.29) is 18.7 Å². The number of benzene rings is 2. The molecule has 2 heterocycles. The van der Waals surface area contributed by atoms with Crippen LogP contribution >= 0.6 is 0 Å². The lowest BCUT2D eigenvalue weighted by Gasteiger charge is -2.43. The van der Waals surface area contributed by atoms with Crippen molar-refractivity contribution in [3.05, 3.63) is 75.1 Å². The number of carboxylic acid groups (broad SMARTS) is 1. The van der Waals surface area contributed by atoms with Gasteiger partial charge < -0.3 is 24.0 Å². The Balaban J connectivity index is 1.48. The molecule has 7 heteroatoms. The zero-order chi connectivity index (χ0) is 24.5. The smallest absolute Gasteiger partial charge is 0.339 e. The van der Waals surface area contributed by atoms with Crippen LogP contribution < -0.4 is 15.5 Å². The summed E-state index contributed by atoms with van der Waals surface area (Å²) < 4.78 is 10.9. The van der Waals surface area contributed by atoms with E-state index in [9.17, 15) is 19.5 Å². The molecule has 1 aliphatic rings. The molecule has 4 rings (SSSR count). The Morgan fingerprint density at radius 3 is 2.35 bits per heavy atom. The number of nitrogens with zero attached hydrogens (tertiary/aromatic N) is 1. The molecule has 7 nitrogen and oxygen atoms in total. The molecule has 0 aliphatic carbocycles. The molecule has 2 aromatic carbocycles. The fourth-order valence-electron chi connectivity index (χ4n) is 4.98. The number of amides is 1. The lowest BCUT2D eigenvalue weighted by Crippen LogP contribution is -2.53. The van der Waals surface area contributed by atoms with Gasteiger partial charge in [-0.3, -0.25) is 4.79 Å². The molecule has 0 saturated carbocycles. The third-order valence-electron chi connectivity index (χ3n) is 7.15. The molecule has 0 N–H and O–H groups in total. The lowest BCUT2D eigenvalue weighted by molar-refractivity contribution is -0.315. The molecule has 178 valence electrons. The van der Waals surface area contributed by atoms with Crippen molar-refractivity contribution in [2.45, 2.75) is 44.9 Å². The average Bonchev–Trinajstić information content (AvgIpc) is 2.85. The van der Waals surface area contributed by atoms with Crippen molar-refractivity contribution in [3.8, 4) is 5.75 Å². The van der Waals surface area contributed by atoms with E-state index in [1.165, 1.54) is 0 Å². The number of fused-ring (bicyclic) bond motifs is 1. The summed E-state index contributed by atoms with van der Waals surface area (Å²) in [5.41, 5.74) is 1.69. The maximum absolute atomic E-state index is 12.9. The van der Waals surface area contributed by atoms with E-state index < -0.39 is 17.0 Å². The average molecular weight is 463 g/mol. The lowest BCUT2D eigenvalue weighted by atomic mass is 9.73. The zero-order valence-corrected chi connectivity index (χ0v) is 19.7. The minimum atomic E-state index is -1.11. The highest BCUT2D eigenvalue weighted by Gasteiger charge is 2.38. The Kier molecular flexibility index (Phi) is 6.46. The Bertz CT molecular complexity index is 1290. The first-order valence-corrected chi connectivity index (χ1v) is 11.4. The summed E-state index contributed by atoms with van der Waals surface area (Å²) in [7, 11) is 1.57. The van der Waals surface area contributed by atoms with Crippen LogP contribution in [0.4, 0.5) is 0 Å². The van der Waals surface area contributed by atoms with Crippen LogP contribution in [-0.2, 0) is 21.4 Å². The summed E-state index contributed by atoms with van der Waals surface area (Å²) in [5.74, 6) is -0.571. The van der Waals surface area contributed by atoms with E-state index >= 15 is 0 Å². The Labute approximate surface area is 198 Å². The maximum atomic E-state index is 12.9. The SMILES string of the molecule is COc1ccc2c(C)c(CCC(=O)N3CCC(C(=O)[O-])(c4ccccc4)CC3)c(=O)oc2c1C. The molecular weight excluding hydrogens is 434 g/mol. The molecular formula is C27H28NO6-. The molecule has 1 amide bonds. The highest BCUT2D eigenvalue weighted by Crippen LogP contribution is 2.35. The highest BCUT2D eigenvalue weighted by atomic mass is 16.5. The van der Waals surface area contributed by atoms with E-state index in [1.54, 1.807) is 24.1 Å². The van der Waals surface area contributed by atoms with Crippen LogP contribution in [-0.4, -0.2) is 37.0 Å². The number of carbonyl (C=O) groups is 2. The van der Waals surface area contributed by atoms with E-state index in [0.29, 0.717) is 48.4 Å². The van der Waals surface area contributed by atoms with Gasteiger partial charge >= 0.3 is 5.63 Å². The van der Waals surface area contributed by atoms with Crippen LogP contribution in [0.1, 0.15) is 41.5 Å². The van der Waals surface area contributed by atoms with Crippen molar-refractivity contribution in [3.63, 3.8) is 0 Å². The van der Waals surface area contributed by atoms with Crippen molar-refractivity contribution in [1.82, 2.24) is 4.90 Å². The molecule has 34 heavy (non-hydrogen) atoms. The van der Waals surface area contributed by atoms with Gasteiger partial charge in [-0.25, -0.2) is 4.79 Å². The summed E-state index contributed by atoms with van der Waals surface area (Å²) in [4.78, 5) is 39.4. The van der Waals surface area contributed by atoms with Crippen LogP contribution in [0.15, 0.2) is 51.7 Å². The topological polar surface area (TPSA) is 99.9 Å². The summed E-state index contributed by atoms with van der Waals surface area (Å²) in [6, 6.07) is 12.8. The molecule has 3 aromatic rings. The highest BCUT2D eigenvalue weighted by molar-refractivity contribution is 5.86. The van der Waals surface area contributed by atoms with Crippen molar-refractivity contribution >= 4 is 22.8 Å². The van der Waals surface area contributed by atoms with Crippen LogP contribution in [0, 0.1) is 13.8 Å². The number of piperidine rings is 1. The van der Waals surface area contributed by atoms with Gasteiger partial charge in [0.05, 0.1) is 13.1 Å². The van der Waals surface area contributed by atoms with Crippen molar-refractivity contribution < 1.29 is 23.8 Å². The predicted octanol–water partition coefficient (Wildman–Crippen LogP) is 2.66. The Hall–Kier alpha value is -3.61. The first-order chi connectivity index (χ1) is 16.3. The fourth-order valence-corrected chi connectivity index (χ4v) is 4.98. The van der Waals surface area contributed by atoms with E-state index in [2.05, 4.69) is 0 Å². The number of hydrogen-bond donors (Lipinski definition) is 0. The number of carboxylic acids is 1. The second-order valence-electron chi connectivity index (χ2n) is 8.88. The largest absolute Gasteiger partial charge is 0.549 e. The van der Waals surface area contributed by atoms with Gasteiger partial charge in [0.15, 0.2) is 0 Å². The van der Waals surface area contributed by atoms with Gasteiger partial charge in [0.2, 0.25) is 5.91 Å². The molecule has 0 radical (unpaired) electrons. The molecule has 1 aliphatic heterocycles. The van der Waals surface area contributed by atoms with E-state index in [1.807, 2.05) is 44.2 Å². The van der Waals surface area contributed by atoms with Crippen LogP contribution in [0.5, 0.6) is 5.75 Å². The van der Waals surface area contributed by atoms with Gasteiger partial charge in [0, 0.05) is 41.4 Å². The van der Waals surface area contributed by atoms with Crippen molar-refractivity contribution in [1.29, 1.82) is 0 Å². The van der Waals surface area contributed by atoms with Crippen LogP contribution in [0.25, 0.3) is 11.0 Å². The Morgan fingerprint density at radius 2 is 1.74 bits per heavy atom. The molecule has 0 unspecified atom stereocenters. The molecule has 0 bridgehead atoms. The Morgan fingerprint density at radius 1 is 1.06 bits per heavy atom. The van der Waals surface area contributed by atoms with Gasteiger partial charge in [0.25, 0.3) is 0 Å². The van der Waals surface area contributed by atoms with Gasteiger partial charge in [0.1, 0.15) is 11.3 Å². The van der Waals surface area contributed by atoms with Gasteiger partial charge in [-0.1, -0.05) is 30.3 Å². The molecule has 1 saturated heterocycles. The van der Waals surface area contributed by atoms with E-state index in [0.717, 1.165) is 16.5 Å². The number of ether oxygens (including phenoxy) is 1. The second-order valence-corrected chi connectivity index (χ2v) is 8.88. The van der Waals surface area contributed by atoms with Gasteiger partial charge in [-0.05, 0) is 56.4 Å². The predicted molar refractivity (Wildman–Crippen MR) is 126 cm³/mol. The first kappa shape index (κ1) is 23.5. The van der Waals surface area contributed by atoms with Crippen LogP contribution in [0.3, 0.4) is 0 Å². The van der Waals surface area contributed by atoms with Crippen LogP contribution in [0.2, 0.25) is 0 Å². The standard InChI is InChI=1S/C27H29NO6/c1-17-20-9-11-22(33-3)18(2)24(20)34-25(30)21(17)10-12-23(29)28-15-13-27(14-16-28,26(31)32)19-7-5-4-6-8-19/h4-9,11H,10,12-16H2,1-3H3,(H,31,32)/p-1. The third kappa shape index (κ3) is 4.06. The molecule has 0 atom stereocenters. The number of aliphatic carboxylic acids is 1. The van der Waals surface area contributed by atoms with Gasteiger partial charge in [-0.15, -0.1) is 0 Å². The number of carbonyl (C=O) groups excluding carboxylic acids is 2. The maximum Gasteiger partial charge on any atom is 0.339 e. The number of likely N-dealkylation sites (tertiary alicyclic amines) is 1. The van der Waals surface area contributed by atoms with Crippen molar-refractivity contribution in [2.75, 3.05) is 20.2 Å². The molecule has 1 fully saturated rings. The summed E-state index contributed by atoms with van der Waals surface area (Å²) in [6.07, 6.45) is 0.997. The third-order valence-corrected chi connectivity index (χ3v) is 7.15. The number of hydrogen-bond acceptors (Lipinski definition) is 6. The first-order valence-electron chi connectivity index (χ1n) is 11.4. The quantitative estimate of drug-likeness (QED) is 0.522. The van der Waals surface area contributed by atoms with Crippen molar-refractivity contribution in [2.24, 2.45) is 0 Å². The number of rotatable bonds is 6. The summed E-state index contributed by atoms with van der Waals surface area (Å²) in [6.45, 7) is 4.35.